The van der Waals surface area contributed by atoms with Gasteiger partial charge in [-0.25, -0.2) is 4.98 Å². The van der Waals surface area contributed by atoms with Crippen molar-refractivity contribution in [3.05, 3.63) is 24.3 Å². The number of nitrogens with zero attached hydrogens (tertiary/aromatic N) is 1. The number of hydrogen-bond donors (Lipinski definition) is 1. The van der Waals surface area contributed by atoms with Crippen molar-refractivity contribution >= 4 is 32.6 Å². The van der Waals surface area contributed by atoms with E-state index in [1.165, 1.54) is 19.3 Å². The van der Waals surface area contributed by atoms with Gasteiger partial charge in [0, 0.05) is 0 Å². The molecule has 22 heavy (non-hydrogen) atoms. The second kappa shape index (κ2) is 4.54. The highest BCUT2D eigenvalue weighted by molar-refractivity contribution is 7.22. The van der Waals surface area contributed by atoms with Crippen LogP contribution in [0.4, 0.5) is 5.13 Å². The highest BCUT2D eigenvalue weighted by Gasteiger charge is 2.54. The molecule has 0 saturated heterocycles. The minimum atomic E-state index is -0.0907. The summed E-state index contributed by atoms with van der Waals surface area (Å²) in [6, 6.07) is 8.08. The van der Waals surface area contributed by atoms with Crippen LogP contribution in [-0.2, 0) is 4.79 Å². The van der Waals surface area contributed by atoms with Crippen molar-refractivity contribution in [1.82, 2.24) is 4.98 Å². The third-order valence-corrected chi connectivity index (χ3v) is 6.99. The smallest absolute Gasteiger partial charge is 0.232 e. The summed E-state index contributed by atoms with van der Waals surface area (Å²) < 4.78 is 1.14. The molecule has 1 amide bonds. The molecule has 4 saturated carbocycles. The molecule has 0 radical (unpaired) electrons. The number of fused-ring (bicyclic) bond motifs is 1. The summed E-state index contributed by atoms with van der Waals surface area (Å²) in [6.45, 7) is 0. The number of anilines is 1. The van der Waals surface area contributed by atoms with E-state index in [4.69, 9.17) is 0 Å². The first-order valence-electron chi connectivity index (χ1n) is 8.37. The number of nitrogens with one attached hydrogen (secondary N) is 1. The number of carbonyl (C=O) groups is 1. The van der Waals surface area contributed by atoms with Crippen LogP contribution in [0, 0.1) is 23.2 Å². The Kier molecular flexibility index (Phi) is 2.70. The van der Waals surface area contributed by atoms with E-state index >= 15 is 0 Å². The molecule has 0 aliphatic heterocycles. The predicted molar refractivity (Wildman–Crippen MR) is 88.9 cm³/mol. The van der Waals surface area contributed by atoms with E-state index < -0.39 is 0 Å². The van der Waals surface area contributed by atoms with Gasteiger partial charge in [-0.3, -0.25) is 4.79 Å². The van der Waals surface area contributed by atoms with Crippen molar-refractivity contribution in [2.24, 2.45) is 23.2 Å². The lowest BCUT2D eigenvalue weighted by Gasteiger charge is -2.55. The van der Waals surface area contributed by atoms with Crippen molar-refractivity contribution in [2.75, 3.05) is 5.32 Å². The lowest BCUT2D eigenvalue weighted by Crippen LogP contribution is -2.51. The molecule has 4 bridgehead atoms. The fourth-order valence-corrected chi connectivity index (χ4v) is 6.41. The second-order valence-corrected chi connectivity index (χ2v) is 8.67. The van der Waals surface area contributed by atoms with Gasteiger partial charge in [-0.05, 0) is 68.4 Å². The van der Waals surface area contributed by atoms with E-state index in [-0.39, 0.29) is 11.3 Å². The molecule has 4 fully saturated rings. The monoisotopic (exact) mass is 312 g/mol. The molecule has 6 rings (SSSR count). The predicted octanol–water partition coefficient (Wildman–Crippen LogP) is 4.45. The maximum absolute atomic E-state index is 13.0. The number of carbonyl (C=O) groups excluding carboxylic acids is 1. The summed E-state index contributed by atoms with van der Waals surface area (Å²) in [6.07, 6.45) is 7.43. The van der Waals surface area contributed by atoms with Crippen molar-refractivity contribution in [1.29, 1.82) is 0 Å². The number of benzene rings is 1. The summed E-state index contributed by atoms with van der Waals surface area (Å²) in [5.41, 5.74) is 0.889. The zero-order valence-electron chi connectivity index (χ0n) is 12.5. The van der Waals surface area contributed by atoms with Gasteiger partial charge in [0.25, 0.3) is 0 Å². The minimum absolute atomic E-state index is 0.0907. The average molecular weight is 312 g/mol. The van der Waals surface area contributed by atoms with Crippen LogP contribution in [0.25, 0.3) is 10.2 Å². The third kappa shape index (κ3) is 1.93. The molecular weight excluding hydrogens is 292 g/mol. The zero-order chi connectivity index (χ0) is 14.7. The van der Waals surface area contributed by atoms with Crippen LogP contribution in [-0.4, -0.2) is 10.9 Å². The summed E-state index contributed by atoms with van der Waals surface area (Å²) in [5, 5.41) is 3.92. The molecule has 3 nitrogen and oxygen atoms in total. The van der Waals surface area contributed by atoms with E-state index in [0.717, 1.165) is 52.4 Å². The number of rotatable bonds is 2. The van der Waals surface area contributed by atoms with Crippen molar-refractivity contribution in [3.8, 4) is 0 Å². The molecule has 0 atom stereocenters. The Morgan fingerprint density at radius 1 is 1.09 bits per heavy atom. The molecule has 0 spiro atoms. The van der Waals surface area contributed by atoms with Gasteiger partial charge in [0.05, 0.1) is 15.6 Å². The number of hydrogen-bond acceptors (Lipinski definition) is 3. The standard InChI is InChI=1S/C18H20N2OS/c21-16(20-17-19-14-3-1-2-4-15(14)22-17)18-8-11-5-12(9-18)7-13(6-11)10-18/h1-4,11-13H,5-10H2,(H,19,20,21). The minimum Gasteiger partial charge on any atom is -0.301 e. The van der Waals surface area contributed by atoms with Gasteiger partial charge in [0.15, 0.2) is 5.13 Å². The molecule has 4 heteroatoms. The summed E-state index contributed by atoms with van der Waals surface area (Å²) >= 11 is 1.59. The van der Waals surface area contributed by atoms with Crippen LogP contribution in [0.15, 0.2) is 24.3 Å². The molecule has 1 N–H and O–H groups in total. The molecule has 1 heterocycles. The van der Waals surface area contributed by atoms with Gasteiger partial charge < -0.3 is 5.32 Å². The van der Waals surface area contributed by atoms with Crippen LogP contribution >= 0.6 is 11.3 Å². The Bertz CT molecular complexity index is 682. The van der Waals surface area contributed by atoms with E-state index in [1.807, 2.05) is 18.2 Å². The van der Waals surface area contributed by atoms with Gasteiger partial charge in [-0.1, -0.05) is 23.5 Å². The van der Waals surface area contributed by atoms with Crippen LogP contribution in [0.1, 0.15) is 38.5 Å². The van der Waals surface area contributed by atoms with Crippen LogP contribution in [0.3, 0.4) is 0 Å². The Hall–Kier alpha value is -1.42. The molecule has 114 valence electrons. The number of aromatic nitrogens is 1. The topological polar surface area (TPSA) is 42.0 Å². The van der Waals surface area contributed by atoms with E-state index in [1.54, 1.807) is 11.3 Å². The average Bonchev–Trinajstić information content (AvgIpc) is 2.88. The number of para-hydroxylation sites is 1. The molecule has 2 aromatic rings. The second-order valence-electron chi connectivity index (χ2n) is 7.64. The maximum atomic E-state index is 13.0. The largest absolute Gasteiger partial charge is 0.301 e. The van der Waals surface area contributed by atoms with Crippen molar-refractivity contribution < 1.29 is 4.79 Å². The number of thiazole rings is 1. The van der Waals surface area contributed by atoms with Crippen LogP contribution in [0.2, 0.25) is 0 Å². The highest BCUT2D eigenvalue weighted by Crippen LogP contribution is 2.60. The van der Waals surface area contributed by atoms with E-state index in [2.05, 4.69) is 16.4 Å². The molecule has 0 unspecified atom stereocenters. The fraction of sp³-hybridized carbons (Fsp3) is 0.556. The third-order valence-electron chi connectivity index (χ3n) is 6.03. The summed E-state index contributed by atoms with van der Waals surface area (Å²) in [5.74, 6) is 2.64. The molecular formula is C18H20N2OS. The van der Waals surface area contributed by atoms with Crippen LogP contribution < -0.4 is 5.32 Å². The van der Waals surface area contributed by atoms with Gasteiger partial charge >= 0.3 is 0 Å². The molecule has 4 aliphatic carbocycles. The summed E-state index contributed by atoms with van der Waals surface area (Å²) in [7, 11) is 0. The Labute approximate surface area is 134 Å². The first-order chi connectivity index (χ1) is 10.7. The molecule has 4 aliphatic rings. The Morgan fingerprint density at radius 3 is 2.36 bits per heavy atom. The lowest BCUT2D eigenvalue weighted by molar-refractivity contribution is -0.140. The zero-order valence-corrected chi connectivity index (χ0v) is 13.4. The van der Waals surface area contributed by atoms with Gasteiger partial charge in [0.1, 0.15) is 0 Å². The molecule has 1 aromatic heterocycles. The fourth-order valence-electron chi connectivity index (χ4n) is 5.54. The first kappa shape index (κ1) is 13.1. The van der Waals surface area contributed by atoms with Gasteiger partial charge in [-0.15, -0.1) is 0 Å². The van der Waals surface area contributed by atoms with E-state index in [9.17, 15) is 4.79 Å². The maximum Gasteiger partial charge on any atom is 0.232 e. The quantitative estimate of drug-likeness (QED) is 0.890. The number of amides is 1. The van der Waals surface area contributed by atoms with Crippen molar-refractivity contribution in [2.45, 2.75) is 38.5 Å². The highest BCUT2D eigenvalue weighted by atomic mass is 32.1. The lowest BCUT2D eigenvalue weighted by atomic mass is 9.49. The van der Waals surface area contributed by atoms with Gasteiger partial charge in [0.2, 0.25) is 5.91 Å². The SMILES string of the molecule is O=C(Nc1nc2ccccc2s1)C12CC3CC(CC(C3)C1)C2. The van der Waals surface area contributed by atoms with Crippen LogP contribution in [0.5, 0.6) is 0 Å². The normalized spacial score (nSPS) is 35.9. The van der Waals surface area contributed by atoms with E-state index in [0.29, 0.717) is 0 Å². The first-order valence-corrected chi connectivity index (χ1v) is 9.19. The Morgan fingerprint density at radius 2 is 1.73 bits per heavy atom. The Balaban J connectivity index is 1.42. The molecule has 1 aromatic carbocycles. The van der Waals surface area contributed by atoms with Crippen molar-refractivity contribution in [3.63, 3.8) is 0 Å². The van der Waals surface area contributed by atoms with Gasteiger partial charge in [-0.2, -0.15) is 0 Å². The summed E-state index contributed by atoms with van der Waals surface area (Å²) in [4.78, 5) is 17.6.